The summed E-state index contributed by atoms with van der Waals surface area (Å²) in [5.74, 6) is -0.351. The SMILES string of the molecule is CC(=O)N(CCCCN1CCN(c2cccc3c2oc(=O)n3C)CC1)c1cccc(C#N)c1. The van der Waals surface area contributed by atoms with Crippen molar-refractivity contribution in [1.29, 1.82) is 5.26 Å². The first-order chi connectivity index (χ1) is 16.0. The molecule has 0 unspecified atom stereocenters. The van der Waals surface area contributed by atoms with Crippen LogP contribution < -0.4 is 15.6 Å². The van der Waals surface area contributed by atoms with Crippen molar-refractivity contribution < 1.29 is 9.21 Å². The van der Waals surface area contributed by atoms with E-state index in [0.717, 1.165) is 62.5 Å². The zero-order valence-electron chi connectivity index (χ0n) is 19.2. The first-order valence-corrected chi connectivity index (χ1v) is 11.3. The first kappa shape index (κ1) is 22.6. The van der Waals surface area contributed by atoms with Gasteiger partial charge in [-0.15, -0.1) is 0 Å². The summed E-state index contributed by atoms with van der Waals surface area (Å²) in [6, 6.07) is 15.2. The minimum atomic E-state index is -0.338. The molecule has 4 rings (SSSR count). The van der Waals surface area contributed by atoms with Crippen molar-refractivity contribution in [2.75, 3.05) is 49.1 Å². The lowest BCUT2D eigenvalue weighted by Crippen LogP contribution is -2.46. The van der Waals surface area contributed by atoms with Crippen LogP contribution in [0.4, 0.5) is 11.4 Å². The highest BCUT2D eigenvalue weighted by Gasteiger charge is 2.21. The van der Waals surface area contributed by atoms with E-state index in [-0.39, 0.29) is 11.7 Å². The number of unbranched alkanes of at least 4 members (excludes halogenated alkanes) is 1. The monoisotopic (exact) mass is 447 g/mol. The highest BCUT2D eigenvalue weighted by Crippen LogP contribution is 2.27. The van der Waals surface area contributed by atoms with Crippen LogP contribution in [-0.4, -0.2) is 54.6 Å². The number of amides is 1. The van der Waals surface area contributed by atoms with Gasteiger partial charge in [0.2, 0.25) is 5.91 Å². The summed E-state index contributed by atoms with van der Waals surface area (Å²) in [7, 11) is 1.73. The predicted molar refractivity (Wildman–Crippen MR) is 129 cm³/mol. The molecule has 3 aromatic rings. The number of anilines is 2. The number of nitriles is 1. The van der Waals surface area contributed by atoms with Gasteiger partial charge in [0.05, 0.1) is 22.8 Å². The number of piperazine rings is 1. The highest BCUT2D eigenvalue weighted by atomic mass is 16.4. The molecule has 0 aliphatic carbocycles. The third-order valence-electron chi connectivity index (χ3n) is 6.28. The van der Waals surface area contributed by atoms with Crippen LogP contribution >= 0.6 is 0 Å². The normalized spacial score (nSPS) is 14.4. The summed E-state index contributed by atoms with van der Waals surface area (Å²) >= 11 is 0. The fourth-order valence-electron chi connectivity index (χ4n) is 4.41. The molecule has 0 radical (unpaired) electrons. The molecule has 0 atom stereocenters. The maximum absolute atomic E-state index is 12.1. The Balaban J connectivity index is 1.28. The minimum absolute atomic E-state index is 0.0135. The number of para-hydroxylation sites is 1. The van der Waals surface area contributed by atoms with Crippen LogP contribution in [0.15, 0.2) is 51.7 Å². The average Bonchev–Trinajstić information content (AvgIpc) is 3.13. The number of carbonyl (C=O) groups is 1. The number of nitrogens with zero attached hydrogens (tertiary/aromatic N) is 5. The number of benzene rings is 2. The number of aryl methyl sites for hydroxylation is 1. The number of carbonyl (C=O) groups excluding carboxylic acids is 1. The molecule has 33 heavy (non-hydrogen) atoms. The maximum atomic E-state index is 12.1. The molecule has 0 spiro atoms. The third-order valence-corrected chi connectivity index (χ3v) is 6.28. The number of hydrogen-bond acceptors (Lipinski definition) is 6. The van der Waals surface area contributed by atoms with Gasteiger partial charge in [0.25, 0.3) is 0 Å². The Labute approximate surface area is 193 Å². The molecule has 1 saturated heterocycles. The summed E-state index contributed by atoms with van der Waals surface area (Å²) in [5, 5.41) is 9.11. The predicted octanol–water partition coefficient (Wildman–Crippen LogP) is 2.96. The Morgan fingerprint density at radius 1 is 1.12 bits per heavy atom. The minimum Gasteiger partial charge on any atom is -0.405 e. The van der Waals surface area contributed by atoms with Gasteiger partial charge < -0.3 is 14.2 Å². The van der Waals surface area contributed by atoms with Crippen molar-refractivity contribution in [3.05, 3.63) is 58.6 Å². The molecule has 2 aromatic carbocycles. The van der Waals surface area contributed by atoms with Gasteiger partial charge in [-0.25, -0.2) is 4.79 Å². The van der Waals surface area contributed by atoms with E-state index in [9.17, 15) is 9.59 Å². The lowest BCUT2D eigenvalue weighted by atomic mass is 10.2. The fraction of sp³-hybridized carbons (Fsp3) is 0.400. The molecular weight excluding hydrogens is 418 g/mol. The molecule has 8 heteroatoms. The van der Waals surface area contributed by atoms with Crippen molar-refractivity contribution in [1.82, 2.24) is 9.47 Å². The van der Waals surface area contributed by atoms with Gasteiger partial charge in [0.15, 0.2) is 5.58 Å². The van der Waals surface area contributed by atoms with E-state index in [4.69, 9.17) is 9.68 Å². The Bertz CT molecular complexity index is 1230. The summed E-state index contributed by atoms with van der Waals surface area (Å²) in [4.78, 5) is 30.5. The maximum Gasteiger partial charge on any atom is 0.419 e. The van der Waals surface area contributed by atoms with E-state index in [1.807, 2.05) is 30.3 Å². The van der Waals surface area contributed by atoms with Gasteiger partial charge in [-0.2, -0.15) is 5.26 Å². The quantitative estimate of drug-likeness (QED) is 0.518. The molecule has 1 fully saturated rings. The Kier molecular flexibility index (Phi) is 6.80. The smallest absolute Gasteiger partial charge is 0.405 e. The molecule has 2 heterocycles. The van der Waals surface area contributed by atoms with Gasteiger partial charge in [-0.1, -0.05) is 12.1 Å². The standard InChI is InChI=1S/C25H29N5O3/c1-19(31)30(21-8-5-7-20(17-21)18-26)12-4-3-11-28-13-15-29(16-14-28)23-10-6-9-22-24(23)33-25(32)27(22)2/h5-10,17H,3-4,11-16H2,1-2H3. The van der Waals surface area contributed by atoms with Gasteiger partial charge >= 0.3 is 5.76 Å². The van der Waals surface area contributed by atoms with Crippen LogP contribution in [0.5, 0.6) is 0 Å². The van der Waals surface area contributed by atoms with Crippen LogP contribution in [0.25, 0.3) is 11.1 Å². The summed E-state index contributed by atoms with van der Waals surface area (Å²) in [5.41, 5.74) is 3.78. The second-order valence-corrected chi connectivity index (χ2v) is 8.42. The molecular formula is C25H29N5O3. The Hall–Kier alpha value is -3.57. The second-order valence-electron chi connectivity index (χ2n) is 8.42. The van der Waals surface area contributed by atoms with Crippen LogP contribution in [0.1, 0.15) is 25.3 Å². The zero-order valence-corrected chi connectivity index (χ0v) is 19.2. The highest BCUT2D eigenvalue weighted by molar-refractivity contribution is 5.91. The first-order valence-electron chi connectivity index (χ1n) is 11.3. The van der Waals surface area contributed by atoms with Crippen LogP contribution in [-0.2, 0) is 11.8 Å². The molecule has 1 aliphatic heterocycles. The van der Waals surface area contributed by atoms with Crippen LogP contribution in [0.2, 0.25) is 0 Å². The van der Waals surface area contributed by atoms with E-state index in [1.54, 1.807) is 31.0 Å². The molecule has 8 nitrogen and oxygen atoms in total. The summed E-state index contributed by atoms with van der Waals surface area (Å²) < 4.78 is 7.02. The number of fused-ring (bicyclic) bond motifs is 1. The zero-order chi connectivity index (χ0) is 23.4. The number of aromatic nitrogens is 1. The van der Waals surface area contributed by atoms with E-state index < -0.39 is 0 Å². The molecule has 1 aliphatic rings. The summed E-state index contributed by atoms with van der Waals surface area (Å²) in [6.07, 6.45) is 1.88. The molecule has 0 bridgehead atoms. The molecule has 0 saturated carbocycles. The summed E-state index contributed by atoms with van der Waals surface area (Å²) in [6.45, 7) is 6.80. The van der Waals surface area contributed by atoms with Gasteiger partial charge in [-0.3, -0.25) is 14.3 Å². The van der Waals surface area contributed by atoms with Gasteiger partial charge in [0.1, 0.15) is 0 Å². The number of oxazole rings is 1. The largest absolute Gasteiger partial charge is 0.419 e. The average molecular weight is 448 g/mol. The topological polar surface area (TPSA) is 85.7 Å². The third kappa shape index (κ3) is 4.94. The number of rotatable bonds is 7. The lowest BCUT2D eigenvalue weighted by Gasteiger charge is -2.36. The van der Waals surface area contributed by atoms with E-state index in [1.165, 1.54) is 4.57 Å². The van der Waals surface area contributed by atoms with Gasteiger partial charge in [-0.05, 0) is 49.7 Å². The van der Waals surface area contributed by atoms with E-state index >= 15 is 0 Å². The van der Waals surface area contributed by atoms with Crippen LogP contribution in [0.3, 0.4) is 0 Å². The van der Waals surface area contributed by atoms with Crippen molar-refractivity contribution in [3.8, 4) is 6.07 Å². The van der Waals surface area contributed by atoms with Crippen molar-refractivity contribution in [3.63, 3.8) is 0 Å². The molecule has 1 amide bonds. The lowest BCUT2D eigenvalue weighted by molar-refractivity contribution is -0.116. The molecule has 1 aromatic heterocycles. The molecule has 0 N–H and O–H groups in total. The van der Waals surface area contributed by atoms with Crippen molar-refractivity contribution in [2.45, 2.75) is 19.8 Å². The van der Waals surface area contributed by atoms with E-state index in [0.29, 0.717) is 17.7 Å². The Morgan fingerprint density at radius 2 is 1.88 bits per heavy atom. The number of hydrogen-bond donors (Lipinski definition) is 0. The van der Waals surface area contributed by atoms with Crippen molar-refractivity contribution >= 4 is 28.4 Å². The fourth-order valence-corrected chi connectivity index (χ4v) is 4.41. The van der Waals surface area contributed by atoms with Crippen LogP contribution in [0, 0.1) is 11.3 Å². The van der Waals surface area contributed by atoms with Gasteiger partial charge in [0, 0.05) is 52.4 Å². The second kappa shape index (κ2) is 9.92. The molecule has 172 valence electrons. The van der Waals surface area contributed by atoms with Crippen molar-refractivity contribution in [2.24, 2.45) is 7.05 Å². The Morgan fingerprint density at radius 3 is 2.61 bits per heavy atom. The van der Waals surface area contributed by atoms with E-state index in [2.05, 4.69) is 15.9 Å².